The lowest BCUT2D eigenvalue weighted by molar-refractivity contribution is -0.155. The fourth-order valence-corrected chi connectivity index (χ4v) is 1.79. The van der Waals surface area contributed by atoms with Gasteiger partial charge in [0.1, 0.15) is 0 Å². The predicted molar refractivity (Wildman–Crippen MR) is 53.0 cm³/mol. The van der Waals surface area contributed by atoms with Gasteiger partial charge in [0.05, 0.1) is 6.10 Å². The van der Waals surface area contributed by atoms with Gasteiger partial charge in [0.15, 0.2) is 6.10 Å². The van der Waals surface area contributed by atoms with E-state index in [9.17, 15) is 4.79 Å². The molecule has 0 aromatic heterocycles. The van der Waals surface area contributed by atoms with Crippen molar-refractivity contribution in [2.75, 3.05) is 0 Å². The number of ether oxygens (including phenoxy) is 1. The molecule has 1 atom stereocenters. The van der Waals surface area contributed by atoms with Gasteiger partial charge in [0.2, 0.25) is 0 Å². The molecule has 1 rings (SSSR count). The van der Waals surface area contributed by atoms with Crippen molar-refractivity contribution in [3.8, 4) is 0 Å². The van der Waals surface area contributed by atoms with Crippen molar-refractivity contribution in [3.05, 3.63) is 0 Å². The highest BCUT2D eigenvalue weighted by Crippen LogP contribution is 2.21. The Morgan fingerprint density at radius 2 is 2.07 bits per heavy atom. The average molecular weight is 201 g/mol. The highest BCUT2D eigenvalue weighted by atomic mass is 16.5. The van der Waals surface area contributed by atoms with E-state index in [1.165, 1.54) is 0 Å². The van der Waals surface area contributed by atoms with Crippen LogP contribution in [0.25, 0.3) is 0 Å². The quantitative estimate of drug-likeness (QED) is 0.715. The highest BCUT2D eigenvalue weighted by molar-refractivity contribution is 5.72. The Hall–Kier alpha value is -0.610. The first-order valence-electron chi connectivity index (χ1n) is 5.27. The second-order valence-electron chi connectivity index (χ2n) is 3.91. The number of nitrogens with two attached hydrogens (primary N) is 1. The van der Waals surface area contributed by atoms with E-state index >= 15 is 0 Å². The summed E-state index contributed by atoms with van der Waals surface area (Å²) in [5.41, 5.74) is 5.75. The summed E-state index contributed by atoms with van der Waals surface area (Å²) >= 11 is 0. The summed E-state index contributed by atoms with van der Waals surface area (Å²) in [5, 5.41) is 8.81. The van der Waals surface area contributed by atoms with Gasteiger partial charge in [-0.25, -0.2) is 4.79 Å². The molecule has 0 aromatic carbocycles. The Labute approximate surface area is 84.4 Å². The average Bonchev–Trinajstić information content (AvgIpc) is 2.16. The van der Waals surface area contributed by atoms with E-state index in [2.05, 4.69) is 0 Å². The third-order valence-corrected chi connectivity index (χ3v) is 2.72. The molecule has 1 unspecified atom stereocenters. The third-order valence-electron chi connectivity index (χ3n) is 2.72. The van der Waals surface area contributed by atoms with Gasteiger partial charge in [-0.1, -0.05) is 6.92 Å². The van der Waals surface area contributed by atoms with E-state index in [0.717, 1.165) is 25.7 Å². The van der Waals surface area contributed by atoms with Crippen molar-refractivity contribution in [1.29, 1.82) is 0 Å². The Balaban J connectivity index is 2.32. The summed E-state index contributed by atoms with van der Waals surface area (Å²) in [6, 6.07) is 0.278. The maximum Gasteiger partial charge on any atom is 0.332 e. The SMILES string of the molecule is CCC(OC1CCC(N)CC1)C(=O)O. The lowest BCUT2D eigenvalue weighted by Gasteiger charge is -2.28. The van der Waals surface area contributed by atoms with E-state index in [-0.39, 0.29) is 12.1 Å². The number of carbonyl (C=O) groups is 1. The van der Waals surface area contributed by atoms with Crippen LogP contribution in [0.1, 0.15) is 39.0 Å². The van der Waals surface area contributed by atoms with E-state index in [1.54, 1.807) is 0 Å². The van der Waals surface area contributed by atoms with Gasteiger partial charge in [-0.05, 0) is 32.1 Å². The van der Waals surface area contributed by atoms with Gasteiger partial charge in [-0.3, -0.25) is 0 Å². The molecule has 0 aliphatic heterocycles. The number of carboxylic acids is 1. The summed E-state index contributed by atoms with van der Waals surface area (Å²) in [4.78, 5) is 10.7. The number of carboxylic acid groups (broad SMARTS) is 1. The Bertz CT molecular complexity index is 188. The monoisotopic (exact) mass is 201 g/mol. The molecule has 4 nitrogen and oxygen atoms in total. The maximum absolute atomic E-state index is 10.7. The number of aliphatic carboxylic acids is 1. The summed E-state index contributed by atoms with van der Waals surface area (Å²) in [5.74, 6) is -0.859. The lowest BCUT2D eigenvalue weighted by Crippen LogP contribution is -2.34. The van der Waals surface area contributed by atoms with Gasteiger partial charge >= 0.3 is 5.97 Å². The first-order valence-corrected chi connectivity index (χ1v) is 5.27. The van der Waals surface area contributed by atoms with Crippen molar-refractivity contribution < 1.29 is 14.6 Å². The minimum atomic E-state index is -0.859. The zero-order chi connectivity index (χ0) is 10.6. The molecule has 3 N–H and O–H groups in total. The number of hydrogen-bond acceptors (Lipinski definition) is 3. The fourth-order valence-electron chi connectivity index (χ4n) is 1.79. The van der Waals surface area contributed by atoms with Crippen LogP contribution in [0.15, 0.2) is 0 Å². The van der Waals surface area contributed by atoms with Crippen LogP contribution in [0.5, 0.6) is 0 Å². The lowest BCUT2D eigenvalue weighted by atomic mass is 9.93. The minimum absolute atomic E-state index is 0.0934. The summed E-state index contributed by atoms with van der Waals surface area (Å²) < 4.78 is 5.50. The third kappa shape index (κ3) is 3.27. The standard InChI is InChI=1S/C10H19NO3/c1-2-9(10(12)13)14-8-5-3-7(11)4-6-8/h7-9H,2-6,11H2,1H3,(H,12,13). The topological polar surface area (TPSA) is 72.5 Å². The molecule has 0 amide bonds. The first-order chi connectivity index (χ1) is 6.63. The van der Waals surface area contributed by atoms with Crippen molar-refractivity contribution in [1.82, 2.24) is 0 Å². The zero-order valence-electron chi connectivity index (χ0n) is 8.61. The van der Waals surface area contributed by atoms with Crippen molar-refractivity contribution >= 4 is 5.97 Å². The van der Waals surface area contributed by atoms with Gasteiger partial charge < -0.3 is 15.6 Å². The van der Waals surface area contributed by atoms with Gasteiger partial charge in [0, 0.05) is 6.04 Å². The number of rotatable bonds is 4. The maximum atomic E-state index is 10.7. The normalized spacial score (nSPS) is 29.9. The smallest absolute Gasteiger partial charge is 0.332 e. The Morgan fingerprint density at radius 3 is 2.50 bits per heavy atom. The highest BCUT2D eigenvalue weighted by Gasteiger charge is 2.24. The minimum Gasteiger partial charge on any atom is -0.479 e. The molecule has 82 valence electrons. The molecule has 0 aromatic rings. The zero-order valence-corrected chi connectivity index (χ0v) is 8.61. The molecule has 1 aliphatic carbocycles. The Kier molecular flexibility index (Phi) is 4.35. The van der Waals surface area contributed by atoms with Crippen LogP contribution < -0.4 is 5.73 Å². The van der Waals surface area contributed by atoms with E-state index in [4.69, 9.17) is 15.6 Å². The molecule has 1 fully saturated rings. The van der Waals surface area contributed by atoms with E-state index in [1.807, 2.05) is 6.92 Å². The second kappa shape index (κ2) is 5.32. The molecule has 0 heterocycles. The first kappa shape index (κ1) is 11.5. The van der Waals surface area contributed by atoms with Crippen LogP contribution in [-0.2, 0) is 9.53 Å². The van der Waals surface area contributed by atoms with Crippen molar-refractivity contribution in [2.45, 2.75) is 57.3 Å². The molecular formula is C10H19NO3. The molecule has 1 saturated carbocycles. The molecule has 0 saturated heterocycles. The van der Waals surface area contributed by atoms with Gasteiger partial charge in [-0.2, -0.15) is 0 Å². The fraction of sp³-hybridized carbons (Fsp3) is 0.900. The van der Waals surface area contributed by atoms with Crippen LogP contribution in [0.2, 0.25) is 0 Å². The van der Waals surface area contributed by atoms with Crippen molar-refractivity contribution in [2.24, 2.45) is 5.73 Å². The molecule has 0 radical (unpaired) electrons. The molecule has 14 heavy (non-hydrogen) atoms. The molecule has 4 heteroatoms. The van der Waals surface area contributed by atoms with E-state index in [0.29, 0.717) is 6.42 Å². The van der Waals surface area contributed by atoms with Crippen molar-refractivity contribution in [3.63, 3.8) is 0 Å². The molecular weight excluding hydrogens is 182 g/mol. The largest absolute Gasteiger partial charge is 0.479 e. The second-order valence-corrected chi connectivity index (χ2v) is 3.91. The van der Waals surface area contributed by atoms with Crippen LogP contribution in [0.4, 0.5) is 0 Å². The van der Waals surface area contributed by atoms with Crippen LogP contribution in [0, 0.1) is 0 Å². The van der Waals surface area contributed by atoms with Crippen LogP contribution >= 0.6 is 0 Å². The summed E-state index contributed by atoms with van der Waals surface area (Å²) in [6.07, 6.45) is 3.65. The Morgan fingerprint density at radius 1 is 1.50 bits per heavy atom. The van der Waals surface area contributed by atoms with Gasteiger partial charge in [-0.15, -0.1) is 0 Å². The van der Waals surface area contributed by atoms with Crippen LogP contribution in [-0.4, -0.2) is 29.3 Å². The summed E-state index contributed by atoms with van der Waals surface area (Å²) in [7, 11) is 0. The molecule has 0 spiro atoms. The molecule has 1 aliphatic rings. The predicted octanol–water partition coefficient (Wildman–Crippen LogP) is 1.14. The number of hydrogen-bond donors (Lipinski definition) is 2. The van der Waals surface area contributed by atoms with Gasteiger partial charge in [0.25, 0.3) is 0 Å². The van der Waals surface area contributed by atoms with Crippen LogP contribution in [0.3, 0.4) is 0 Å². The van der Waals surface area contributed by atoms with E-state index < -0.39 is 12.1 Å². The summed E-state index contributed by atoms with van der Waals surface area (Å²) in [6.45, 7) is 1.83. The molecule has 0 bridgehead atoms.